The highest BCUT2D eigenvalue weighted by molar-refractivity contribution is 5.94. The minimum absolute atomic E-state index is 0.0126. The first kappa shape index (κ1) is 14.4. The van der Waals surface area contributed by atoms with Crippen LogP contribution in [0.4, 0.5) is 0 Å². The summed E-state index contributed by atoms with van der Waals surface area (Å²) in [6.45, 7) is -0.184. The van der Waals surface area contributed by atoms with E-state index in [9.17, 15) is 9.59 Å². The summed E-state index contributed by atoms with van der Waals surface area (Å²) >= 11 is 0. The van der Waals surface area contributed by atoms with Gasteiger partial charge in [0, 0.05) is 18.7 Å². The minimum atomic E-state index is -0.537. The standard InChI is InChI=1S/C15H20N2O3/c1-17(12-6-2-3-7-12)15(19)11-5-4-8-13(9-11)20-10-14(16)18/h4-5,8-9,12H,2-3,6-7,10H2,1H3,(H2,16,18). The minimum Gasteiger partial charge on any atom is -0.484 e. The maximum absolute atomic E-state index is 12.4. The molecule has 1 aromatic carbocycles. The summed E-state index contributed by atoms with van der Waals surface area (Å²) < 4.78 is 5.22. The quantitative estimate of drug-likeness (QED) is 0.887. The van der Waals surface area contributed by atoms with Gasteiger partial charge in [0.15, 0.2) is 6.61 Å². The molecule has 0 radical (unpaired) electrons. The summed E-state index contributed by atoms with van der Waals surface area (Å²) in [7, 11) is 1.84. The van der Waals surface area contributed by atoms with Crippen molar-refractivity contribution in [1.29, 1.82) is 0 Å². The van der Waals surface area contributed by atoms with Gasteiger partial charge in [-0.05, 0) is 31.0 Å². The number of benzene rings is 1. The van der Waals surface area contributed by atoms with Crippen molar-refractivity contribution in [2.24, 2.45) is 5.73 Å². The number of nitrogens with two attached hydrogens (primary N) is 1. The van der Waals surface area contributed by atoms with Crippen molar-refractivity contribution >= 4 is 11.8 Å². The molecule has 0 aromatic heterocycles. The Labute approximate surface area is 118 Å². The summed E-state index contributed by atoms with van der Waals surface area (Å²) in [5, 5.41) is 0. The van der Waals surface area contributed by atoms with Crippen molar-refractivity contribution in [2.45, 2.75) is 31.7 Å². The molecule has 0 unspecified atom stereocenters. The highest BCUT2D eigenvalue weighted by atomic mass is 16.5. The van der Waals surface area contributed by atoms with Gasteiger partial charge in [0.25, 0.3) is 11.8 Å². The zero-order chi connectivity index (χ0) is 14.5. The van der Waals surface area contributed by atoms with Crippen molar-refractivity contribution in [1.82, 2.24) is 4.90 Å². The number of rotatable bonds is 5. The zero-order valence-electron chi connectivity index (χ0n) is 11.7. The smallest absolute Gasteiger partial charge is 0.255 e. The van der Waals surface area contributed by atoms with Crippen LogP contribution in [0.2, 0.25) is 0 Å². The largest absolute Gasteiger partial charge is 0.484 e. The molecule has 0 aliphatic heterocycles. The number of hydrogen-bond acceptors (Lipinski definition) is 3. The fourth-order valence-electron chi connectivity index (χ4n) is 2.53. The Kier molecular flexibility index (Phi) is 4.61. The van der Waals surface area contributed by atoms with Gasteiger partial charge < -0.3 is 15.4 Å². The number of hydrogen-bond donors (Lipinski definition) is 1. The third-order valence-corrected chi connectivity index (χ3v) is 3.65. The van der Waals surface area contributed by atoms with Crippen LogP contribution in [0, 0.1) is 0 Å². The van der Waals surface area contributed by atoms with Gasteiger partial charge in [-0.2, -0.15) is 0 Å². The van der Waals surface area contributed by atoms with Crippen LogP contribution in [0.5, 0.6) is 5.75 Å². The lowest BCUT2D eigenvalue weighted by Crippen LogP contribution is -2.35. The highest BCUT2D eigenvalue weighted by Crippen LogP contribution is 2.24. The van der Waals surface area contributed by atoms with Crippen LogP contribution >= 0.6 is 0 Å². The second-order valence-electron chi connectivity index (χ2n) is 5.14. The fraction of sp³-hybridized carbons (Fsp3) is 0.467. The van der Waals surface area contributed by atoms with Crippen molar-refractivity contribution in [2.75, 3.05) is 13.7 Å². The van der Waals surface area contributed by atoms with Gasteiger partial charge in [-0.15, -0.1) is 0 Å². The Morgan fingerprint density at radius 3 is 2.70 bits per heavy atom. The molecular formula is C15H20N2O3. The maximum atomic E-state index is 12.4. The Morgan fingerprint density at radius 2 is 2.05 bits per heavy atom. The summed E-state index contributed by atoms with van der Waals surface area (Å²) in [5.41, 5.74) is 5.60. The molecule has 0 atom stereocenters. The van der Waals surface area contributed by atoms with Crippen LogP contribution in [0.1, 0.15) is 36.0 Å². The number of primary amides is 1. The first-order valence-corrected chi connectivity index (χ1v) is 6.86. The molecule has 1 fully saturated rings. The van der Waals surface area contributed by atoms with E-state index in [-0.39, 0.29) is 12.5 Å². The van der Waals surface area contributed by atoms with Gasteiger partial charge in [0.1, 0.15) is 5.75 Å². The lowest BCUT2D eigenvalue weighted by Gasteiger charge is -2.24. The molecule has 2 N–H and O–H groups in total. The molecule has 0 heterocycles. The molecule has 0 bridgehead atoms. The number of carbonyl (C=O) groups is 2. The van der Waals surface area contributed by atoms with Gasteiger partial charge >= 0.3 is 0 Å². The lowest BCUT2D eigenvalue weighted by molar-refractivity contribution is -0.119. The van der Waals surface area contributed by atoms with Gasteiger partial charge in [-0.1, -0.05) is 18.9 Å². The van der Waals surface area contributed by atoms with Crippen molar-refractivity contribution < 1.29 is 14.3 Å². The third kappa shape index (κ3) is 3.50. The average Bonchev–Trinajstić information content (AvgIpc) is 2.98. The second kappa shape index (κ2) is 6.41. The van der Waals surface area contributed by atoms with E-state index in [4.69, 9.17) is 10.5 Å². The highest BCUT2D eigenvalue weighted by Gasteiger charge is 2.24. The van der Waals surface area contributed by atoms with E-state index < -0.39 is 5.91 Å². The van der Waals surface area contributed by atoms with Crippen LogP contribution in [-0.4, -0.2) is 36.4 Å². The molecule has 5 nitrogen and oxygen atoms in total. The maximum Gasteiger partial charge on any atom is 0.255 e. The molecule has 2 amide bonds. The zero-order valence-corrected chi connectivity index (χ0v) is 11.7. The summed E-state index contributed by atoms with van der Waals surface area (Å²) in [5.74, 6) is -0.0688. The first-order valence-electron chi connectivity index (χ1n) is 6.86. The van der Waals surface area contributed by atoms with Gasteiger partial charge in [0.05, 0.1) is 0 Å². The molecule has 5 heteroatoms. The van der Waals surface area contributed by atoms with Crippen LogP contribution in [0.3, 0.4) is 0 Å². The number of ether oxygens (including phenoxy) is 1. The van der Waals surface area contributed by atoms with Crippen molar-refractivity contribution in [3.05, 3.63) is 29.8 Å². The fourth-order valence-corrected chi connectivity index (χ4v) is 2.53. The first-order chi connectivity index (χ1) is 9.58. The van der Waals surface area contributed by atoms with Crippen LogP contribution in [-0.2, 0) is 4.79 Å². The van der Waals surface area contributed by atoms with E-state index in [1.54, 1.807) is 29.2 Å². The average molecular weight is 276 g/mol. The van der Waals surface area contributed by atoms with Crippen molar-refractivity contribution in [3.63, 3.8) is 0 Å². The van der Waals surface area contributed by atoms with E-state index in [1.165, 1.54) is 12.8 Å². The molecule has 1 aromatic rings. The Balaban J connectivity index is 2.05. The van der Waals surface area contributed by atoms with E-state index in [0.29, 0.717) is 17.4 Å². The molecule has 1 aliphatic rings. The predicted molar refractivity (Wildman–Crippen MR) is 75.5 cm³/mol. The monoisotopic (exact) mass is 276 g/mol. The predicted octanol–water partition coefficient (Wildman–Crippen LogP) is 1.57. The second-order valence-corrected chi connectivity index (χ2v) is 5.14. The molecule has 20 heavy (non-hydrogen) atoms. The van der Waals surface area contributed by atoms with Gasteiger partial charge in [-0.25, -0.2) is 0 Å². The molecular weight excluding hydrogens is 256 g/mol. The summed E-state index contributed by atoms with van der Waals surface area (Å²) in [6, 6.07) is 7.18. The molecule has 0 saturated heterocycles. The summed E-state index contributed by atoms with van der Waals surface area (Å²) in [4.78, 5) is 24.9. The molecule has 1 aliphatic carbocycles. The number of carbonyl (C=O) groups excluding carboxylic acids is 2. The number of nitrogens with zero attached hydrogens (tertiary/aromatic N) is 1. The normalized spacial score (nSPS) is 15.1. The SMILES string of the molecule is CN(C(=O)c1cccc(OCC(N)=O)c1)C1CCCC1. The van der Waals surface area contributed by atoms with Crippen LogP contribution in [0.15, 0.2) is 24.3 Å². The van der Waals surface area contributed by atoms with Crippen molar-refractivity contribution in [3.8, 4) is 5.75 Å². The molecule has 108 valence electrons. The Bertz CT molecular complexity index is 496. The molecule has 1 saturated carbocycles. The number of amides is 2. The van der Waals surface area contributed by atoms with Gasteiger partial charge in [0.2, 0.25) is 0 Å². The Morgan fingerprint density at radius 1 is 1.35 bits per heavy atom. The van der Waals surface area contributed by atoms with E-state index in [2.05, 4.69) is 0 Å². The van der Waals surface area contributed by atoms with E-state index >= 15 is 0 Å². The van der Waals surface area contributed by atoms with E-state index in [1.807, 2.05) is 7.05 Å². The summed E-state index contributed by atoms with van der Waals surface area (Å²) in [6.07, 6.45) is 4.51. The van der Waals surface area contributed by atoms with E-state index in [0.717, 1.165) is 12.8 Å². The molecule has 0 spiro atoms. The lowest BCUT2D eigenvalue weighted by atomic mass is 10.1. The Hall–Kier alpha value is -2.04. The molecule has 2 rings (SSSR count). The third-order valence-electron chi connectivity index (χ3n) is 3.65. The van der Waals surface area contributed by atoms with Crippen LogP contribution < -0.4 is 10.5 Å². The van der Waals surface area contributed by atoms with Gasteiger partial charge in [-0.3, -0.25) is 9.59 Å². The van der Waals surface area contributed by atoms with Crippen LogP contribution in [0.25, 0.3) is 0 Å². The topological polar surface area (TPSA) is 72.6 Å².